The van der Waals surface area contributed by atoms with Crippen LogP contribution in [0, 0.1) is 0 Å². The van der Waals surface area contributed by atoms with Gasteiger partial charge < -0.3 is 4.74 Å². The lowest BCUT2D eigenvalue weighted by Crippen LogP contribution is -2.16. The topological polar surface area (TPSA) is 39.2 Å². The van der Waals surface area contributed by atoms with Crippen LogP contribution in [0.4, 0.5) is 22.0 Å². The fourth-order valence-electron chi connectivity index (χ4n) is 1.18. The predicted molar refractivity (Wildman–Crippen MR) is 53.2 cm³/mol. The molecule has 3 nitrogen and oxygen atoms in total. The van der Waals surface area contributed by atoms with Crippen molar-refractivity contribution >= 4 is 21.9 Å². The Hall–Kier alpha value is -1.25. The maximum Gasteiger partial charge on any atom is 0.419 e. The Morgan fingerprint density at radius 1 is 1.44 bits per heavy atom. The van der Waals surface area contributed by atoms with Crippen molar-refractivity contribution in [2.75, 3.05) is 7.11 Å². The molecule has 0 amide bonds. The minimum absolute atomic E-state index is 0.632. The second-order valence-corrected chi connectivity index (χ2v) is 3.89. The first kappa shape index (κ1) is 14.8. The third-order valence-electron chi connectivity index (χ3n) is 1.88. The van der Waals surface area contributed by atoms with E-state index in [1.165, 1.54) is 0 Å². The van der Waals surface area contributed by atoms with E-state index in [1.807, 2.05) is 0 Å². The fourth-order valence-corrected chi connectivity index (χ4v) is 1.82. The third-order valence-corrected chi connectivity index (χ3v) is 2.51. The van der Waals surface area contributed by atoms with E-state index in [2.05, 4.69) is 25.7 Å². The molecule has 0 unspecified atom stereocenters. The Kier molecular flexibility index (Phi) is 4.25. The van der Waals surface area contributed by atoms with Crippen molar-refractivity contribution in [2.45, 2.75) is 12.6 Å². The van der Waals surface area contributed by atoms with E-state index in [0.29, 0.717) is 6.07 Å². The number of carbonyl (C=O) groups is 1. The highest BCUT2D eigenvalue weighted by molar-refractivity contribution is 9.10. The van der Waals surface area contributed by atoms with Gasteiger partial charge in [-0.25, -0.2) is 18.6 Å². The molecular formula is C9H5BrF5NO2. The minimum atomic E-state index is -5.01. The van der Waals surface area contributed by atoms with Crippen LogP contribution in [0.1, 0.15) is 28.2 Å². The summed E-state index contributed by atoms with van der Waals surface area (Å²) in [5.74, 6) is -1.11. The average molecular weight is 334 g/mol. The summed E-state index contributed by atoms with van der Waals surface area (Å²) < 4.78 is 66.3. The number of carbonyl (C=O) groups excluding carboxylic acids is 1. The minimum Gasteiger partial charge on any atom is -0.464 e. The van der Waals surface area contributed by atoms with Crippen molar-refractivity contribution in [1.82, 2.24) is 4.98 Å². The molecule has 0 fully saturated rings. The zero-order chi connectivity index (χ0) is 14.1. The first-order chi connectivity index (χ1) is 8.18. The van der Waals surface area contributed by atoms with Gasteiger partial charge in [0.25, 0.3) is 6.43 Å². The van der Waals surface area contributed by atoms with E-state index in [4.69, 9.17) is 0 Å². The van der Waals surface area contributed by atoms with Crippen molar-refractivity contribution in [3.8, 4) is 0 Å². The van der Waals surface area contributed by atoms with Crippen molar-refractivity contribution in [2.24, 2.45) is 0 Å². The van der Waals surface area contributed by atoms with Crippen molar-refractivity contribution in [3.05, 3.63) is 27.5 Å². The number of hydrogen-bond donors (Lipinski definition) is 0. The standard InChI is InChI=1S/C9H5BrF5NO2/c1-18-8(17)4-2-3(10)5(9(13,14)15)6(16-4)7(11)12/h2,7H,1H3. The Bertz CT molecular complexity index is 475. The smallest absolute Gasteiger partial charge is 0.419 e. The van der Waals surface area contributed by atoms with Crippen LogP contribution in [0.2, 0.25) is 0 Å². The zero-order valence-electron chi connectivity index (χ0n) is 8.69. The number of nitrogens with zero attached hydrogens (tertiary/aromatic N) is 1. The molecule has 0 aromatic carbocycles. The highest BCUT2D eigenvalue weighted by Gasteiger charge is 2.40. The van der Waals surface area contributed by atoms with Crippen LogP contribution < -0.4 is 0 Å². The number of esters is 1. The predicted octanol–water partition coefficient (Wildman–Crippen LogP) is 3.59. The highest BCUT2D eigenvalue weighted by Crippen LogP contribution is 2.40. The summed E-state index contributed by atoms with van der Waals surface area (Å²) in [5.41, 5.74) is -3.75. The summed E-state index contributed by atoms with van der Waals surface area (Å²) >= 11 is 2.50. The summed E-state index contributed by atoms with van der Waals surface area (Å²) in [6.07, 6.45) is -8.48. The number of aromatic nitrogens is 1. The van der Waals surface area contributed by atoms with Gasteiger partial charge in [-0.15, -0.1) is 0 Å². The molecule has 1 rings (SSSR count). The van der Waals surface area contributed by atoms with E-state index in [-0.39, 0.29) is 0 Å². The number of alkyl halides is 5. The molecule has 1 aromatic rings. The number of methoxy groups -OCH3 is 1. The summed E-state index contributed by atoms with van der Waals surface area (Å²) in [7, 11) is 0.956. The third kappa shape index (κ3) is 2.95. The van der Waals surface area contributed by atoms with Crippen LogP contribution in [0.5, 0.6) is 0 Å². The molecule has 9 heteroatoms. The van der Waals surface area contributed by atoms with Gasteiger partial charge in [-0.2, -0.15) is 13.2 Å². The first-order valence-corrected chi connectivity index (χ1v) is 5.12. The molecule has 0 spiro atoms. The van der Waals surface area contributed by atoms with Crippen LogP contribution in [0.15, 0.2) is 10.5 Å². The lowest BCUT2D eigenvalue weighted by Gasteiger charge is -2.14. The van der Waals surface area contributed by atoms with Crippen LogP contribution in [-0.2, 0) is 10.9 Å². The van der Waals surface area contributed by atoms with E-state index >= 15 is 0 Å². The molecule has 0 N–H and O–H groups in total. The van der Waals surface area contributed by atoms with Crippen molar-refractivity contribution in [1.29, 1.82) is 0 Å². The zero-order valence-corrected chi connectivity index (χ0v) is 10.3. The quantitative estimate of drug-likeness (QED) is 0.613. The number of halogens is 6. The van der Waals surface area contributed by atoms with Gasteiger partial charge in [0.2, 0.25) is 0 Å². The molecule has 0 aliphatic rings. The van der Waals surface area contributed by atoms with Gasteiger partial charge >= 0.3 is 12.1 Å². The largest absolute Gasteiger partial charge is 0.464 e. The van der Waals surface area contributed by atoms with E-state index < -0.39 is 40.0 Å². The number of pyridine rings is 1. The highest BCUT2D eigenvalue weighted by atomic mass is 79.9. The second kappa shape index (κ2) is 5.17. The molecule has 0 aliphatic carbocycles. The van der Waals surface area contributed by atoms with Crippen LogP contribution >= 0.6 is 15.9 Å². The van der Waals surface area contributed by atoms with Crippen LogP contribution in [-0.4, -0.2) is 18.1 Å². The Labute approximate surface area is 106 Å². The van der Waals surface area contributed by atoms with Gasteiger partial charge in [-0.3, -0.25) is 0 Å². The van der Waals surface area contributed by atoms with E-state index in [1.54, 1.807) is 0 Å². The van der Waals surface area contributed by atoms with Crippen molar-refractivity contribution in [3.63, 3.8) is 0 Å². The Morgan fingerprint density at radius 2 is 2.00 bits per heavy atom. The maximum absolute atomic E-state index is 12.6. The molecule has 0 saturated carbocycles. The Balaban J connectivity index is 3.51. The molecule has 0 aliphatic heterocycles. The van der Waals surface area contributed by atoms with Gasteiger partial charge in [0.15, 0.2) is 0 Å². The van der Waals surface area contributed by atoms with Gasteiger partial charge in [-0.1, -0.05) is 15.9 Å². The summed E-state index contributed by atoms with van der Waals surface area (Å²) in [4.78, 5) is 14.1. The average Bonchev–Trinajstić information content (AvgIpc) is 2.24. The van der Waals surface area contributed by atoms with Crippen LogP contribution in [0.3, 0.4) is 0 Å². The summed E-state index contributed by atoms with van der Waals surface area (Å²) in [6, 6.07) is 0.681. The lowest BCUT2D eigenvalue weighted by molar-refractivity contribution is -0.140. The summed E-state index contributed by atoms with van der Waals surface area (Å²) in [5, 5.41) is 0. The SMILES string of the molecule is COC(=O)c1cc(Br)c(C(F)(F)F)c(C(F)F)n1. The lowest BCUT2D eigenvalue weighted by atomic mass is 10.1. The molecule has 1 aromatic heterocycles. The normalized spacial score (nSPS) is 11.8. The van der Waals surface area contributed by atoms with Gasteiger partial charge in [0.05, 0.1) is 12.7 Å². The van der Waals surface area contributed by atoms with Crippen molar-refractivity contribution < 1.29 is 31.5 Å². The molecule has 0 atom stereocenters. The van der Waals surface area contributed by atoms with E-state index in [0.717, 1.165) is 7.11 Å². The molecule has 0 bridgehead atoms. The molecule has 100 valence electrons. The first-order valence-electron chi connectivity index (χ1n) is 4.32. The summed E-state index contributed by atoms with van der Waals surface area (Å²) in [6.45, 7) is 0. The van der Waals surface area contributed by atoms with Gasteiger partial charge in [0.1, 0.15) is 11.4 Å². The molecule has 0 radical (unpaired) electrons. The Morgan fingerprint density at radius 3 is 2.39 bits per heavy atom. The van der Waals surface area contributed by atoms with Crippen LogP contribution in [0.25, 0.3) is 0 Å². The van der Waals surface area contributed by atoms with E-state index in [9.17, 15) is 26.7 Å². The fraction of sp³-hybridized carbons (Fsp3) is 0.333. The number of hydrogen-bond acceptors (Lipinski definition) is 3. The maximum atomic E-state index is 12.6. The molecule has 18 heavy (non-hydrogen) atoms. The molecular weight excluding hydrogens is 329 g/mol. The monoisotopic (exact) mass is 333 g/mol. The molecule has 0 saturated heterocycles. The molecule has 1 heterocycles. The van der Waals surface area contributed by atoms with Gasteiger partial charge in [0, 0.05) is 4.47 Å². The van der Waals surface area contributed by atoms with Gasteiger partial charge in [-0.05, 0) is 6.07 Å². The second-order valence-electron chi connectivity index (χ2n) is 3.04. The number of rotatable bonds is 2. The number of ether oxygens (including phenoxy) is 1.